The van der Waals surface area contributed by atoms with Crippen LogP contribution in [0, 0.1) is 23.2 Å². The predicted molar refractivity (Wildman–Crippen MR) is 55.7 cm³/mol. The molecule has 0 aromatic heterocycles. The second-order valence-electron chi connectivity index (χ2n) is 4.52. The summed E-state index contributed by atoms with van der Waals surface area (Å²) in [5.41, 5.74) is 0. The summed E-state index contributed by atoms with van der Waals surface area (Å²) in [7, 11) is 0. The number of nitrogens with one attached hydrogen (secondary N) is 1. The zero-order valence-corrected chi connectivity index (χ0v) is 8.87. The normalized spacial score (nSPS) is 34.9. The Morgan fingerprint density at radius 1 is 1.50 bits per heavy atom. The van der Waals surface area contributed by atoms with Gasteiger partial charge in [-0.2, -0.15) is 5.26 Å². The first kappa shape index (κ1) is 9.95. The average Bonchev–Trinajstić information content (AvgIpc) is 2.66. The molecule has 0 aromatic rings. The molecule has 1 N–H and O–H groups in total. The molecule has 2 rings (SSSR count). The highest BCUT2D eigenvalue weighted by Gasteiger charge is 2.34. The van der Waals surface area contributed by atoms with Gasteiger partial charge in [-0.05, 0) is 44.3 Å². The van der Waals surface area contributed by atoms with Crippen LogP contribution in [-0.4, -0.2) is 37.1 Å². The highest BCUT2D eigenvalue weighted by atomic mass is 15.2. The van der Waals surface area contributed by atoms with Crippen LogP contribution in [0.3, 0.4) is 0 Å². The monoisotopic (exact) mass is 193 g/mol. The molecule has 3 heteroatoms. The van der Waals surface area contributed by atoms with E-state index in [1.807, 2.05) is 0 Å². The Kier molecular flexibility index (Phi) is 3.05. The maximum atomic E-state index is 9.01. The molecule has 2 fully saturated rings. The second-order valence-corrected chi connectivity index (χ2v) is 4.52. The lowest BCUT2D eigenvalue weighted by Gasteiger charge is -2.36. The molecular weight excluding hydrogens is 174 g/mol. The van der Waals surface area contributed by atoms with Crippen LogP contribution in [0.15, 0.2) is 0 Å². The van der Waals surface area contributed by atoms with Gasteiger partial charge in [0.1, 0.15) is 0 Å². The molecule has 2 saturated heterocycles. The summed E-state index contributed by atoms with van der Waals surface area (Å²) < 4.78 is 0. The summed E-state index contributed by atoms with van der Waals surface area (Å²) in [6.07, 6.45) is 2.23. The maximum absolute atomic E-state index is 9.01. The smallest absolute Gasteiger partial charge is 0.0975 e. The first-order chi connectivity index (χ1) is 6.85. The van der Waals surface area contributed by atoms with E-state index in [9.17, 15) is 0 Å². The van der Waals surface area contributed by atoms with Gasteiger partial charge in [-0.3, -0.25) is 4.90 Å². The Labute approximate surface area is 86.1 Å². The molecule has 0 amide bonds. The molecule has 0 aliphatic carbocycles. The topological polar surface area (TPSA) is 39.1 Å². The van der Waals surface area contributed by atoms with Crippen LogP contribution in [0.5, 0.6) is 0 Å². The molecule has 0 spiro atoms. The summed E-state index contributed by atoms with van der Waals surface area (Å²) in [4.78, 5) is 2.37. The highest BCUT2D eigenvalue weighted by molar-refractivity contribution is 4.96. The van der Waals surface area contributed by atoms with Crippen LogP contribution >= 0.6 is 0 Å². The van der Waals surface area contributed by atoms with Crippen molar-refractivity contribution in [3.63, 3.8) is 0 Å². The van der Waals surface area contributed by atoms with E-state index in [2.05, 4.69) is 23.2 Å². The lowest BCUT2D eigenvalue weighted by molar-refractivity contribution is 0.123. The van der Waals surface area contributed by atoms with Crippen LogP contribution < -0.4 is 5.32 Å². The molecule has 0 radical (unpaired) electrons. The van der Waals surface area contributed by atoms with E-state index < -0.39 is 0 Å². The Morgan fingerprint density at radius 3 is 3.00 bits per heavy atom. The van der Waals surface area contributed by atoms with Crippen LogP contribution in [0.4, 0.5) is 0 Å². The Morgan fingerprint density at radius 2 is 2.29 bits per heavy atom. The minimum Gasteiger partial charge on any atom is -0.316 e. The van der Waals surface area contributed by atoms with Crippen LogP contribution in [0.1, 0.15) is 19.8 Å². The molecular formula is C11H19N3. The van der Waals surface area contributed by atoms with E-state index in [-0.39, 0.29) is 6.04 Å². The van der Waals surface area contributed by atoms with E-state index in [0.29, 0.717) is 0 Å². The average molecular weight is 193 g/mol. The van der Waals surface area contributed by atoms with Crippen molar-refractivity contribution in [3.8, 4) is 6.07 Å². The largest absolute Gasteiger partial charge is 0.316 e. The molecule has 2 aliphatic heterocycles. The van der Waals surface area contributed by atoms with E-state index in [1.165, 1.54) is 13.0 Å². The van der Waals surface area contributed by atoms with Crippen molar-refractivity contribution in [2.75, 3.05) is 26.2 Å². The molecule has 3 nitrogen and oxygen atoms in total. The number of nitriles is 1. The lowest BCUT2D eigenvalue weighted by atomic mass is 9.88. The van der Waals surface area contributed by atoms with Gasteiger partial charge in [0.2, 0.25) is 0 Å². The van der Waals surface area contributed by atoms with Crippen molar-refractivity contribution in [1.82, 2.24) is 10.2 Å². The molecule has 0 bridgehead atoms. The van der Waals surface area contributed by atoms with E-state index in [4.69, 9.17) is 5.26 Å². The molecule has 78 valence electrons. The molecule has 2 heterocycles. The first-order valence-electron chi connectivity index (χ1n) is 5.69. The van der Waals surface area contributed by atoms with Gasteiger partial charge in [0, 0.05) is 6.54 Å². The SMILES string of the molecule is CCC(C#N)N1CCC2CNCC2C1. The number of rotatable bonds is 2. The van der Waals surface area contributed by atoms with E-state index >= 15 is 0 Å². The van der Waals surface area contributed by atoms with Gasteiger partial charge in [0.25, 0.3) is 0 Å². The standard InChI is InChI=1S/C11H19N3/c1-2-11(5-12)14-4-3-9-6-13-7-10(9)8-14/h9-11,13H,2-4,6-8H2,1H3. The fraction of sp³-hybridized carbons (Fsp3) is 0.909. The number of hydrogen-bond acceptors (Lipinski definition) is 3. The third-order valence-corrected chi connectivity index (χ3v) is 3.71. The Hall–Kier alpha value is -0.590. The van der Waals surface area contributed by atoms with Gasteiger partial charge in [-0.15, -0.1) is 0 Å². The number of hydrogen-bond donors (Lipinski definition) is 1. The van der Waals surface area contributed by atoms with Crippen molar-refractivity contribution >= 4 is 0 Å². The minimum atomic E-state index is 0.150. The van der Waals surface area contributed by atoms with Crippen molar-refractivity contribution in [1.29, 1.82) is 5.26 Å². The van der Waals surface area contributed by atoms with Crippen molar-refractivity contribution in [3.05, 3.63) is 0 Å². The van der Waals surface area contributed by atoms with Crippen LogP contribution in [0.2, 0.25) is 0 Å². The first-order valence-corrected chi connectivity index (χ1v) is 5.69. The van der Waals surface area contributed by atoms with Crippen molar-refractivity contribution in [2.45, 2.75) is 25.8 Å². The van der Waals surface area contributed by atoms with Crippen molar-refractivity contribution < 1.29 is 0 Å². The third kappa shape index (κ3) is 1.77. The summed E-state index contributed by atoms with van der Waals surface area (Å²) in [6.45, 7) is 6.70. The molecule has 3 atom stereocenters. The molecule has 0 saturated carbocycles. The van der Waals surface area contributed by atoms with Crippen LogP contribution in [0.25, 0.3) is 0 Å². The van der Waals surface area contributed by atoms with Gasteiger partial charge in [-0.25, -0.2) is 0 Å². The fourth-order valence-electron chi connectivity index (χ4n) is 2.78. The molecule has 3 unspecified atom stereocenters. The minimum absolute atomic E-state index is 0.150. The summed E-state index contributed by atoms with van der Waals surface area (Å²) in [6, 6.07) is 2.56. The molecule has 0 aromatic carbocycles. The number of likely N-dealkylation sites (tertiary alicyclic amines) is 1. The second kappa shape index (κ2) is 4.29. The Balaban J connectivity index is 1.94. The Bertz CT molecular complexity index is 233. The van der Waals surface area contributed by atoms with Gasteiger partial charge in [-0.1, -0.05) is 6.92 Å². The zero-order chi connectivity index (χ0) is 9.97. The van der Waals surface area contributed by atoms with E-state index in [1.54, 1.807) is 0 Å². The van der Waals surface area contributed by atoms with Crippen molar-refractivity contribution in [2.24, 2.45) is 11.8 Å². The van der Waals surface area contributed by atoms with Gasteiger partial charge < -0.3 is 5.32 Å². The predicted octanol–water partition coefficient (Wildman–Crippen LogP) is 0.830. The third-order valence-electron chi connectivity index (χ3n) is 3.71. The number of piperidine rings is 1. The summed E-state index contributed by atoms with van der Waals surface area (Å²) >= 11 is 0. The van der Waals surface area contributed by atoms with Gasteiger partial charge in [0.05, 0.1) is 12.1 Å². The maximum Gasteiger partial charge on any atom is 0.0975 e. The summed E-state index contributed by atoms with van der Waals surface area (Å²) in [5, 5.41) is 12.5. The quantitative estimate of drug-likeness (QED) is 0.706. The number of fused-ring (bicyclic) bond motifs is 1. The van der Waals surface area contributed by atoms with Gasteiger partial charge >= 0.3 is 0 Å². The molecule has 14 heavy (non-hydrogen) atoms. The summed E-state index contributed by atoms with van der Waals surface area (Å²) in [5.74, 6) is 1.67. The highest BCUT2D eigenvalue weighted by Crippen LogP contribution is 2.27. The van der Waals surface area contributed by atoms with Crippen LogP contribution in [-0.2, 0) is 0 Å². The van der Waals surface area contributed by atoms with E-state index in [0.717, 1.165) is 37.9 Å². The zero-order valence-electron chi connectivity index (χ0n) is 8.87. The molecule has 2 aliphatic rings. The fourth-order valence-corrected chi connectivity index (χ4v) is 2.78. The number of nitrogens with zero attached hydrogens (tertiary/aromatic N) is 2. The lowest BCUT2D eigenvalue weighted by Crippen LogP contribution is -2.44. The van der Waals surface area contributed by atoms with Gasteiger partial charge in [0.15, 0.2) is 0 Å².